The van der Waals surface area contributed by atoms with Crippen molar-refractivity contribution >= 4 is 5.69 Å². The molecule has 1 unspecified atom stereocenters. The molecule has 114 valence electrons. The van der Waals surface area contributed by atoms with Gasteiger partial charge in [-0.3, -0.25) is 0 Å². The number of hydrogen-bond acceptors (Lipinski definition) is 2. The zero-order valence-electron chi connectivity index (χ0n) is 12.9. The molecule has 0 aliphatic heterocycles. The Morgan fingerprint density at radius 1 is 1.15 bits per heavy atom. The topological polar surface area (TPSA) is 29.3 Å². The maximum atomic E-state index is 14.2. The predicted octanol–water partition coefficient (Wildman–Crippen LogP) is 3.73. The van der Waals surface area contributed by atoms with Crippen LogP contribution in [0.4, 0.5) is 14.5 Å². The van der Waals surface area contributed by atoms with Crippen molar-refractivity contribution < 1.29 is 8.78 Å². The minimum atomic E-state index is -0.495. The van der Waals surface area contributed by atoms with Crippen molar-refractivity contribution in [2.75, 3.05) is 18.0 Å². The summed E-state index contributed by atoms with van der Waals surface area (Å²) in [5.74, 6) is -0.640. The van der Waals surface area contributed by atoms with Gasteiger partial charge in [-0.1, -0.05) is 20.8 Å². The molecule has 20 heavy (non-hydrogen) atoms. The summed E-state index contributed by atoms with van der Waals surface area (Å²) in [5.41, 5.74) is 6.54. The van der Waals surface area contributed by atoms with Gasteiger partial charge >= 0.3 is 0 Å². The van der Waals surface area contributed by atoms with E-state index in [1.54, 1.807) is 4.90 Å². The van der Waals surface area contributed by atoms with E-state index in [-0.39, 0.29) is 11.7 Å². The highest BCUT2D eigenvalue weighted by atomic mass is 19.1. The lowest BCUT2D eigenvalue weighted by molar-refractivity contribution is 0.546. The maximum absolute atomic E-state index is 14.2. The molecule has 0 bridgehead atoms. The molecule has 0 saturated heterocycles. The van der Waals surface area contributed by atoms with Crippen LogP contribution in [0.1, 0.15) is 39.7 Å². The summed E-state index contributed by atoms with van der Waals surface area (Å²) in [6, 6.07) is 2.77. The summed E-state index contributed by atoms with van der Waals surface area (Å²) in [6.45, 7) is 9.16. The van der Waals surface area contributed by atoms with Gasteiger partial charge in [-0.05, 0) is 43.4 Å². The molecule has 0 amide bonds. The second-order valence-corrected chi connectivity index (χ2v) is 5.71. The lowest BCUT2D eigenvalue weighted by Crippen LogP contribution is -2.29. The average Bonchev–Trinajstić information content (AvgIpc) is 2.35. The average molecular weight is 284 g/mol. The van der Waals surface area contributed by atoms with Gasteiger partial charge in [0, 0.05) is 19.1 Å². The zero-order chi connectivity index (χ0) is 15.3. The third kappa shape index (κ3) is 4.44. The van der Waals surface area contributed by atoms with Crippen LogP contribution in [0, 0.1) is 17.6 Å². The smallest absolute Gasteiger partial charge is 0.149 e. The molecule has 4 heteroatoms. The van der Waals surface area contributed by atoms with Crippen molar-refractivity contribution in [3.63, 3.8) is 0 Å². The van der Waals surface area contributed by atoms with Crippen molar-refractivity contribution in [3.05, 3.63) is 29.3 Å². The molecule has 2 nitrogen and oxygen atoms in total. The Hall–Kier alpha value is -1.16. The van der Waals surface area contributed by atoms with E-state index in [4.69, 9.17) is 5.73 Å². The number of benzene rings is 1. The molecule has 1 aromatic rings. The first-order valence-corrected chi connectivity index (χ1v) is 7.37. The molecule has 0 fully saturated rings. The van der Waals surface area contributed by atoms with E-state index in [1.165, 1.54) is 12.1 Å². The van der Waals surface area contributed by atoms with E-state index < -0.39 is 11.6 Å². The normalized spacial score (nSPS) is 12.8. The molecule has 0 aliphatic rings. The largest absolute Gasteiger partial charge is 0.367 e. The molecular formula is C16H26F2N2. The SMILES string of the molecule is CCC(N)Cc1cc(F)c(N(CC)CC(C)C)c(F)c1. The fourth-order valence-corrected chi connectivity index (χ4v) is 2.30. The van der Waals surface area contributed by atoms with Crippen LogP contribution in [-0.2, 0) is 6.42 Å². The van der Waals surface area contributed by atoms with E-state index >= 15 is 0 Å². The monoisotopic (exact) mass is 284 g/mol. The minimum Gasteiger partial charge on any atom is -0.367 e. The van der Waals surface area contributed by atoms with Crippen LogP contribution in [0.15, 0.2) is 12.1 Å². The van der Waals surface area contributed by atoms with Gasteiger partial charge in [0.15, 0.2) is 0 Å². The third-order valence-electron chi connectivity index (χ3n) is 3.38. The predicted molar refractivity (Wildman–Crippen MR) is 81.1 cm³/mol. The lowest BCUT2D eigenvalue weighted by Gasteiger charge is -2.26. The van der Waals surface area contributed by atoms with Crippen molar-refractivity contribution in [1.29, 1.82) is 0 Å². The zero-order valence-corrected chi connectivity index (χ0v) is 12.9. The van der Waals surface area contributed by atoms with E-state index in [2.05, 4.69) is 0 Å². The van der Waals surface area contributed by atoms with Crippen molar-refractivity contribution in [2.24, 2.45) is 11.7 Å². The Kier molecular flexibility index (Phi) is 6.40. The first kappa shape index (κ1) is 16.9. The maximum Gasteiger partial charge on any atom is 0.149 e. The molecule has 1 aromatic carbocycles. The number of hydrogen-bond donors (Lipinski definition) is 1. The molecule has 2 N–H and O–H groups in total. The first-order valence-electron chi connectivity index (χ1n) is 7.37. The van der Waals surface area contributed by atoms with Gasteiger partial charge in [0.2, 0.25) is 0 Å². The van der Waals surface area contributed by atoms with Gasteiger partial charge < -0.3 is 10.6 Å². The molecular weight excluding hydrogens is 258 g/mol. The van der Waals surface area contributed by atoms with Gasteiger partial charge in [0.25, 0.3) is 0 Å². The Labute approximate surface area is 121 Å². The number of nitrogens with zero attached hydrogens (tertiary/aromatic N) is 1. The molecule has 0 spiro atoms. The highest BCUT2D eigenvalue weighted by Gasteiger charge is 2.18. The van der Waals surface area contributed by atoms with Crippen LogP contribution in [0.25, 0.3) is 0 Å². The molecule has 0 heterocycles. The van der Waals surface area contributed by atoms with Crippen LogP contribution < -0.4 is 10.6 Å². The van der Waals surface area contributed by atoms with Crippen LogP contribution >= 0.6 is 0 Å². The van der Waals surface area contributed by atoms with Crippen molar-refractivity contribution in [2.45, 2.75) is 46.6 Å². The summed E-state index contributed by atoms with van der Waals surface area (Å²) in [6.07, 6.45) is 1.29. The van der Waals surface area contributed by atoms with E-state index in [0.717, 1.165) is 6.42 Å². The van der Waals surface area contributed by atoms with Gasteiger partial charge in [0.1, 0.15) is 17.3 Å². The first-order chi connectivity index (χ1) is 9.38. The number of rotatable bonds is 7. The van der Waals surface area contributed by atoms with Gasteiger partial charge in [-0.15, -0.1) is 0 Å². The molecule has 0 radical (unpaired) electrons. The van der Waals surface area contributed by atoms with E-state index in [9.17, 15) is 8.78 Å². The lowest BCUT2D eigenvalue weighted by atomic mass is 10.0. The Morgan fingerprint density at radius 2 is 1.70 bits per heavy atom. The van der Waals surface area contributed by atoms with Gasteiger partial charge in [-0.25, -0.2) is 8.78 Å². The van der Waals surface area contributed by atoms with E-state index in [1.807, 2.05) is 27.7 Å². The quantitative estimate of drug-likeness (QED) is 0.826. The standard InChI is InChI=1S/C16H26F2N2/c1-5-13(19)7-12-8-14(17)16(15(18)9-12)20(6-2)10-11(3)4/h8-9,11,13H,5-7,10,19H2,1-4H3. The van der Waals surface area contributed by atoms with Crippen LogP contribution in [0.2, 0.25) is 0 Å². The van der Waals surface area contributed by atoms with Gasteiger partial charge in [0.05, 0.1) is 0 Å². The second kappa shape index (κ2) is 7.58. The van der Waals surface area contributed by atoms with E-state index in [0.29, 0.717) is 31.0 Å². The Morgan fingerprint density at radius 3 is 2.10 bits per heavy atom. The molecule has 1 atom stereocenters. The fourth-order valence-electron chi connectivity index (χ4n) is 2.30. The second-order valence-electron chi connectivity index (χ2n) is 5.71. The highest BCUT2D eigenvalue weighted by Crippen LogP contribution is 2.26. The number of nitrogens with two attached hydrogens (primary N) is 1. The number of halogens is 2. The minimum absolute atomic E-state index is 0.0578. The molecule has 1 rings (SSSR count). The van der Waals surface area contributed by atoms with Crippen LogP contribution in [0.3, 0.4) is 0 Å². The van der Waals surface area contributed by atoms with Crippen LogP contribution in [0.5, 0.6) is 0 Å². The third-order valence-corrected chi connectivity index (χ3v) is 3.38. The summed E-state index contributed by atoms with van der Waals surface area (Å²) in [5, 5.41) is 0. The summed E-state index contributed by atoms with van der Waals surface area (Å²) in [7, 11) is 0. The summed E-state index contributed by atoms with van der Waals surface area (Å²) in [4.78, 5) is 1.75. The van der Waals surface area contributed by atoms with Crippen LogP contribution in [-0.4, -0.2) is 19.1 Å². The number of anilines is 1. The Bertz CT molecular complexity index is 409. The molecule has 0 aromatic heterocycles. The summed E-state index contributed by atoms with van der Waals surface area (Å²) >= 11 is 0. The molecule has 0 saturated carbocycles. The summed E-state index contributed by atoms with van der Waals surface area (Å²) < 4.78 is 28.5. The van der Waals surface area contributed by atoms with Crippen molar-refractivity contribution in [1.82, 2.24) is 0 Å². The van der Waals surface area contributed by atoms with Crippen molar-refractivity contribution in [3.8, 4) is 0 Å². The Balaban J connectivity index is 3.04. The fraction of sp³-hybridized carbons (Fsp3) is 0.625. The highest BCUT2D eigenvalue weighted by molar-refractivity contribution is 5.50. The van der Waals surface area contributed by atoms with Gasteiger partial charge in [-0.2, -0.15) is 0 Å². The molecule has 0 aliphatic carbocycles.